The van der Waals surface area contributed by atoms with Gasteiger partial charge in [0.1, 0.15) is 0 Å². The maximum absolute atomic E-state index is 12.4. The average Bonchev–Trinajstić information content (AvgIpc) is 2.68. The lowest BCUT2D eigenvalue weighted by Crippen LogP contribution is -2.40. The summed E-state index contributed by atoms with van der Waals surface area (Å²) in [5, 5.41) is 10.4. The van der Waals surface area contributed by atoms with Crippen LogP contribution in [-0.2, 0) is 23.1 Å². The van der Waals surface area contributed by atoms with Gasteiger partial charge in [0, 0.05) is 36.9 Å². The highest BCUT2D eigenvalue weighted by Crippen LogP contribution is 2.21. The van der Waals surface area contributed by atoms with E-state index in [1.807, 2.05) is 13.8 Å². The molecule has 0 saturated carbocycles. The number of carbonyl (C=O) groups is 1. The number of rotatable bonds is 4. The van der Waals surface area contributed by atoms with Crippen LogP contribution in [0.5, 0.6) is 5.75 Å². The number of nitrogens with zero attached hydrogens (tertiary/aromatic N) is 2. The van der Waals surface area contributed by atoms with Crippen LogP contribution in [0.1, 0.15) is 30.0 Å². The summed E-state index contributed by atoms with van der Waals surface area (Å²) >= 11 is 5.76. The Kier molecular flexibility index (Phi) is 6.87. The zero-order chi connectivity index (χ0) is 21.1. The van der Waals surface area contributed by atoms with Crippen molar-refractivity contribution in [2.24, 2.45) is 0 Å². The van der Waals surface area contributed by atoms with Gasteiger partial charge in [0.25, 0.3) is 5.91 Å². The number of sulfonamides is 1. The molecule has 3 rings (SSSR count). The van der Waals surface area contributed by atoms with Gasteiger partial charge in [0.15, 0.2) is 11.4 Å². The summed E-state index contributed by atoms with van der Waals surface area (Å²) in [6, 6.07) is 6.76. The van der Waals surface area contributed by atoms with Crippen molar-refractivity contribution in [3.8, 4) is 5.75 Å². The summed E-state index contributed by atoms with van der Waals surface area (Å²) in [5.74, 6) is -1.13. The fourth-order valence-electron chi connectivity index (χ4n) is 2.70. The SMILES string of the molecule is CC.CN1CCn2c(CNS(=O)(=O)c3ccc(Cl)cc3)cc(=O)c(O)c2C1=O. The van der Waals surface area contributed by atoms with E-state index < -0.39 is 27.1 Å². The molecule has 2 N–H and O–H groups in total. The number of benzene rings is 1. The van der Waals surface area contributed by atoms with Crippen molar-refractivity contribution in [2.45, 2.75) is 31.8 Å². The molecule has 2 aromatic rings. The van der Waals surface area contributed by atoms with E-state index in [0.29, 0.717) is 23.8 Å². The first-order valence-corrected chi connectivity index (χ1v) is 10.5. The minimum atomic E-state index is -3.83. The molecular weight excluding hydrogens is 406 g/mol. The quantitative estimate of drug-likeness (QED) is 0.773. The normalized spacial score (nSPS) is 13.6. The van der Waals surface area contributed by atoms with Gasteiger partial charge < -0.3 is 14.6 Å². The van der Waals surface area contributed by atoms with Gasteiger partial charge in [-0.25, -0.2) is 13.1 Å². The number of aromatic nitrogens is 1. The summed E-state index contributed by atoms with van der Waals surface area (Å²) in [5.41, 5.74) is -0.575. The second-order valence-electron chi connectivity index (χ2n) is 5.85. The van der Waals surface area contributed by atoms with Crippen LogP contribution in [0, 0.1) is 0 Å². The Morgan fingerprint density at radius 2 is 1.75 bits per heavy atom. The fourth-order valence-corrected chi connectivity index (χ4v) is 3.83. The number of halogens is 1. The Bertz CT molecular complexity index is 1030. The average molecular weight is 428 g/mol. The van der Waals surface area contributed by atoms with Gasteiger partial charge in [-0.1, -0.05) is 25.4 Å². The number of pyridine rings is 1. The first-order chi connectivity index (χ1) is 13.2. The van der Waals surface area contributed by atoms with Crippen LogP contribution >= 0.6 is 11.6 Å². The number of hydrogen-bond donors (Lipinski definition) is 2. The third kappa shape index (κ3) is 4.37. The number of fused-ring (bicyclic) bond motifs is 1. The van der Waals surface area contributed by atoms with Gasteiger partial charge in [0.05, 0.1) is 11.4 Å². The highest BCUT2D eigenvalue weighted by molar-refractivity contribution is 7.89. The molecule has 0 atom stereocenters. The molecule has 2 heterocycles. The zero-order valence-corrected chi connectivity index (χ0v) is 17.3. The van der Waals surface area contributed by atoms with Crippen LogP contribution in [0.3, 0.4) is 0 Å². The standard InChI is InChI=1S/C16H16ClN3O5S.C2H6/c1-19-6-7-20-11(8-13(21)15(22)14(20)16(19)23)9-18-26(24,25)12-4-2-10(17)3-5-12;1-2/h2-5,8,18,22H,6-7,9H2,1H3;1-2H3. The molecule has 1 aliphatic rings. The number of carbonyl (C=O) groups excluding carboxylic acids is 1. The van der Waals surface area contributed by atoms with Crippen LogP contribution in [-0.4, -0.2) is 42.5 Å². The van der Waals surface area contributed by atoms with E-state index in [1.54, 1.807) is 7.05 Å². The molecule has 0 fully saturated rings. The summed E-state index contributed by atoms with van der Waals surface area (Å²) in [7, 11) is -2.27. The molecule has 28 heavy (non-hydrogen) atoms. The van der Waals surface area contributed by atoms with E-state index in [4.69, 9.17) is 11.6 Å². The van der Waals surface area contributed by atoms with Crippen LogP contribution < -0.4 is 10.2 Å². The summed E-state index contributed by atoms with van der Waals surface area (Å²) in [4.78, 5) is 25.6. The topological polar surface area (TPSA) is 109 Å². The molecule has 1 aromatic heterocycles. The van der Waals surface area contributed by atoms with E-state index in [1.165, 1.54) is 33.7 Å². The number of likely N-dealkylation sites (N-methyl/N-ethyl adjacent to an activating group) is 1. The van der Waals surface area contributed by atoms with E-state index >= 15 is 0 Å². The van der Waals surface area contributed by atoms with Gasteiger partial charge in [0.2, 0.25) is 15.5 Å². The zero-order valence-electron chi connectivity index (χ0n) is 15.8. The lowest BCUT2D eigenvalue weighted by molar-refractivity contribution is 0.0740. The predicted molar refractivity (Wildman–Crippen MR) is 106 cm³/mol. The molecule has 1 aromatic carbocycles. The van der Waals surface area contributed by atoms with Crippen molar-refractivity contribution in [3.05, 3.63) is 57.0 Å². The summed E-state index contributed by atoms with van der Waals surface area (Å²) in [6.45, 7) is 4.51. The molecule has 0 saturated heterocycles. The maximum atomic E-state index is 12.4. The largest absolute Gasteiger partial charge is 0.503 e. The van der Waals surface area contributed by atoms with Gasteiger partial charge >= 0.3 is 0 Å². The summed E-state index contributed by atoms with van der Waals surface area (Å²) in [6.07, 6.45) is 0. The first kappa shape index (κ1) is 21.9. The van der Waals surface area contributed by atoms with Gasteiger partial charge in [-0.05, 0) is 24.3 Å². The lowest BCUT2D eigenvalue weighted by Gasteiger charge is -2.29. The highest BCUT2D eigenvalue weighted by Gasteiger charge is 2.28. The smallest absolute Gasteiger partial charge is 0.274 e. The van der Waals surface area contributed by atoms with Crippen molar-refractivity contribution in [2.75, 3.05) is 13.6 Å². The van der Waals surface area contributed by atoms with E-state index in [2.05, 4.69) is 4.72 Å². The molecule has 0 radical (unpaired) electrons. The number of nitrogens with one attached hydrogen (secondary N) is 1. The maximum Gasteiger partial charge on any atom is 0.274 e. The summed E-state index contributed by atoms with van der Waals surface area (Å²) < 4.78 is 28.6. The van der Waals surface area contributed by atoms with Crippen molar-refractivity contribution in [3.63, 3.8) is 0 Å². The van der Waals surface area contributed by atoms with Gasteiger partial charge in [-0.3, -0.25) is 9.59 Å². The molecule has 0 aliphatic carbocycles. The molecule has 1 amide bonds. The Balaban J connectivity index is 0.00000136. The predicted octanol–water partition coefficient (Wildman–Crippen LogP) is 1.80. The Hall–Kier alpha value is -2.36. The van der Waals surface area contributed by atoms with Crippen molar-refractivity contribution in [1.82, 2.24) is 14.2 Å². The Labute approximate surface area is 168 Å². The van der Waals surface area contributed by atoms with E-state index in [-0.39, 0.29) is 17.1 Å². The van der Waals surface area contributed by atoms with Crippen molar-refractivity contribution < 1.29 is 18.3 Å². The highest BCUT2D eigenvalue weighted by atomic mass is 35.5. The Morgan fingerprint density at radius 1 is 1.14 bits per heavy atom. The lowest BCUT2D eigenvalue weighted by atomic mass is 10.2. The molecule has 10 heteroatoms. The first-order valence-electron chi connectivity index (χ1n) is 8.67. The van der Waals surface area contributed by atoms with Gasteiger partial charge in [-0.2, -0.15) is 0 Å². The van der Waals surface area contributed by atoms with Crippen molar-refractivity contribution in [1.29, 1.82) is 0 Å². The molecule has 0 bridgehead atoms. The van der Waals surface area contributed by atoms with E-state index in [9.17, 15) is 23.1 Å². The van der Waals surface area contributed by atoms with Gasteiger partial charge in [-0.15, -0.1) is 0 Å². The molecule has 0 unspecified atom stereocenters. The molecular formula is C18H22ClN3O5S. The second kappa shape index (κ2) is 8.76. The van der Waals surface area contributed by atoms with E-state index in [0.717, 1.165) is 6.07 Å². The fraction of sp³-hybridized carbons (Fsp3) is 0.333. The molecule has 1 aliphatic heterocycles. The third-order valence-electron chi connectivity index (χ3n) is 4.15. The number of amides is 1. The van der Waals surface area contributed by atoms with Crippen LogP contribution in [0.2, 0.25) is 5.02 Å². The molecule has 0 spiro atoms. The minimum absolute atomic E-state index is 0.0257. The van der Waals surface area contributed by atoms with Crippen LogP contribution in [0.4, 0.5) is 0 Å². The Morgan fingerprint density at radius 3 is 2.36 bits per heavy atom. The van der Waals surface area contributed by atoms with Crippen LogP contribution in [0.15, 0.2) is 40.0 Å². The monoisotopic (exact) mass is 427 g/mol. The number of aromatic hydroxyl groups is 1. The second-order valence-corrected chi connectivity index (χ2v) is 8.06. The minimum Gasteiger partial charge on any atom is -0.503 e. The van der Waals surface area contributed by atoms with Crippen molar-refractivity contribution >= 4 is 27.5 Å². The molecule has 8 nitrogen and oxygen atoms in total. The van der Waals surface area contributed by atoms with Crippen LogP contribution in [0.25, 0.3) is 0 Å². The molecule has 152 valence electrons. The number of hydrogen-bond acceptors (Lipinski definition) is 5. The third-order valence-corrected chi connectivity index (χ3v) is 5.82.